The molecule has 6 heteroatoms. The molecule has 0 amide bonds. The molecule has 2 aromatic rings. The molecule has 0 unspecified atom stereocenters. The molecule has 1 aromatic carbocycles. The zero-order valence-corrected chi connectivity index (χ0v) is 10.7. The van der Waals surface area contributed by atoms with Crippen LogP contribution in [0, 0.1) is 5.82 Å². The fraction of sp³-hybridized carbons (Fsp3) is 0.308. The lowest BCUT2D eigenvalue weighted by Crippen LogP contribution is -2.08. The number of esters is 1. The van der Waals surface area contributed by atoms with Crippen LogP contribution in [0.4, 0.5) is 10.2 Å². The van der Waals surface area contributed by atoms with Crippen LogP contribution in [-0.2, 0) is 11.2 Å². The SMILES string of the molecule is CCOC(=O)c1c(N)n(O)c2c(CC)cc(F)cc12. The number of rotatable bonds is 3. The molecule has 19 heavy (non-hydrogen) atoms. The van der Waals surface area contributed by atoms with Gasteiger partial charge in [0.1, 0.15) is 11.4 Å². The molecule has 0 saturated heterocycles. The second kappa shape index (κ2) is 4.79. The molecule has 3 N–H and O–H groups in total. The van der Waals surface area contributed by atoms with Gasteiger partial charge in [-0.2, -0.15) is 4.73 Å². The highest BCUT2D eigenvalue weighted by molar-refractivity contribution is 6.09. The number of aryl methyl sites for hydroxylation is 1. The van der Waals surface area contributed by atoms with Gasteiger partial charge >= 0.3 is 5.97 Å². The van der Waals surface area contributed by atoms with Gasteiger partial charge in [-0.25, -0.2) is 9.18 Å². The standard InChI is InChI=1S/C13H15FN2O3/c1-3-7-5-8(14)6-9-10(13(17)19-4-2)12(15)16(18)11(7)9/h5-6,18H,3-4,15H2,1-2H3. The number of carbonyl (C=O) groups excluding carboxylic acids is 1. The molecular formula is C13H15FN2O3. The zero-order valence-electron chi connectivity index (χ0n) is 10.7. The number of fused-ring (bicyclic) bond motifs is 1. The third kappa shape index (κ3) is 1.99. The van der Waals surface area contributed by atoms with Gasteiger partial charge in [0.25, 0.3) is 0 Å². The summed E-state index contributed by atoms with van der Waals surface area (Å²) in [6, 6.07) is 2.48. The first-order valence-corrected chi connectivity index (χ1v) is 5.99. The highest BCUT2D eigenvalue weighted by Gasteiger charge is 2.24. The highest BCUT2D eigenvalue weighted by Crippen LogP contribution is 2.31. The number of hydrogen-bond acceptors (Lipinski definition) is 4. The average Bonchev–Trinajstić information content (AvgIpc) is 2.61. The molecule has 0 fully saturated rings. The van der Waals surface area contributed by atoms with Crippen molar-refractivity contribution in [3.05, 3.63) is 29.1 Å². The topological polar surface area (TPSA) is 77.5 Å². The number of halogens is 1. The van der Waals surface area contributed by atoms with Gasteiger partial charge in [0.2, 0.25) is 0 Å². The Bertz CT molecular complexity index is 649. The summed E-state index contributed by atoms with van der Waals surface area (Å²) in [5.41, 5.74) is 6.61. The summed E-state index contributed by atoms with van der Waals surface area (Å²) in [5.74, 6) is -1.31. The number of anilines is 1. The molecule has 0 saturated carbocycles. The van der Waals surface area contributed by atoms with Crippen LogP contribution in [0.1, 0.15) is 29.8 Å². The van der Waals surface area contributed by atoms with Crippen LogP contribution >= 0.6 is 0 Å². The number of nitrogens with two attached hydrogens (primary N) is 1. The first-order valence-electron chi connectivity index (χ1n) is 5.99. The Balaban J connectivity index is 2.81. The molecule has 1 heterocycles. The lowest BCUT2D eigenvalue weighted by atomic mass is 10.1. The molecule has 0 spiro atoms. The summed E-state index contributed by atoms with van der Waals surface area (Å²) in [6.07, 6.45) is 0.501. The normalized spacial score (nSPS) is 10.9. The van der Waals surface area contributed by atoms with Gasteiger partial charge in [0, 0.05) is 5.39 Å². The van der Waals surface area contributed by atoms with Crippen LogP contribution in [0.3, 0.4) is 0 Å². The van der Waals surface area contributed by atoms with Gasteiger partial charge < -0.3 is 15.7 Å². The van der Waals surface area contributed by atoms with Crippen LogP contribution in [0.25, 0.3) is 10.9 Å². The zero-order chi connectivity index (χ0) is 14.2. The number of aromatic nitrogens is 1. The van der Waals surface area contributed by atoms with E-state index in [1.54, 1.807) is 6.92 Å². The quantitative estimate of drug-likeness (QED) is 0.660. The van der Waals surface area contributed by atoms with E-state index < -0.39 is 11.8 Å². The predicted octanol–water partition coefficient (Wildman–Crippen LogP) is 2.34. The minimum atomic E-state index is -0.676. The molecule has 0 aliphatic heterocycles. The lowest BCUT2D eigenvalue weighted by Gasteiger charge is -2.03. The van der Waals surface area contributed by atoms with Crippen molar-refractivity contribution in [2.75, 3.05) is 12.3 Å². The first kappa shape index (κ1) is 13.2. The highest BCUT2D eigenvalue weighted by atomic mass is 19.1. The van der Waals surface area contributed by atoms with Crippen molar-refractivity contribution in [2.24, 2.45) is 0 Å². The van der Waals surface area contributed by atoms with E-state index in [1.165, 1.54) is 12.1 Å². The van der Waals surface area contributed by atoms with Gasteiger partial charge in [-0.1, -0.05) is 6.92 Å². The Morgan fingerprint density at radius 2 is 2.16 bits per heavy atom. The predicted molar refractivity (Wildman–Crippen MR) is 68.8 cm³/mol. The minimum absolute atomic E-state index is 0.00597. The average molecular weight is 266 g/mol. The third-order valence-electron chi connectivity index (χ3n) is 2.98. The molecule has 1 aromatic heterocycles. The molecule has 0 bridgehead atoms. The summed E-state index contributed by atoms with van der Waals surface area (Å²) < 4.78 is 19.2. The van der Waals surface area contributed by atoms with Crippen LogP contribution in [0.2, 0.25) is 0 Å². The second-order valence-corrected chi connectivity index (χ2v) is 4.11. The number of hydrogen-bond donors (Lipinski definition) is 2. The molecular weight excluding hydrogens is 251 g/mol. The Morgan fingerprint density at radius 3 is 2.74 bits per heavy atom. The van der Waals surface area contributed by atoms with Crippen LogP contribution in [-0.4, -0.2) is 22.5 Å². The molecule has 0 aliphatic carbocycles. The van der Waals surface area contributed by atoms with Crippen molar-refractivity contribution in [3.63, 3.8) is 0 Å². The van der Waals surface area contributed by atoms with E-state index in [2.05, 4.69) is 0 Å². The van der Waals surface area contributed by atoms with Crippen molar-refractivity contribution in [1.29, 1.82) is 0 Å². The summed E-state index contributed by atoms with van der Waals surface area (Å²) in [7, 11) is 0. The van der Waals surface area contributed by atoms with Crippen LogP contribution in [0.5, 0.6) is 0 Å². The van der Waals surface area contributed by atoms with E-state index in [-0.39, 0.29) is 23.4 Å². The molecule has 2 rings (SSSR count). The Labute approximate surface area is 109 Å². The number of carbonyl (C=O) groups is 1. The van der Waals surface area contributed by atoms with Crippen molar-refractivity contribution in [3.8, 4) is 0 Å². The number of benzene rings is 1. The maximum absolute atomic E-state index is 13.6. The summed E-state index contributed by atoms with van der Waals surface area (Å²) in [5, 5.41) is 10.2. The fourth-order valence-electron chi connectivity index (χ4n) is 2.15. The molecule has 5 nitrogen and oxygen atoms in total. The fourth-order valence-corrected chi connectivity index (χ4v) is 2.15. The van der Waals surface area contributed by atoms with E-state index in [1.807, 2.05) is 6.92 Å². The maximum Gasteiger partial charge on any atom is 0.342 e. The van der Waals surface area contributed by atoms with E-state index in [0.717, 1.165) is 0 Å². The molecule has 0 aliphatic rings. The van der Waals surface area contributed by atoms with Crippen molar-refractivity contribution in [1.82, 2.24) is 4.73 Å². The van der Waals surface area contributed by atoms with E-state index in [4.69, 9.17) is 10.5 Å². The van der Waals surface area contributed by atoms with Crippen molar-refractivity contribution >= 4 is 22.7 Å². The minimum Gasteiger partial charge on any atom is -0.462 e. The van der Waals surface area contributed by atoms with Gasteiger partial charge in [-0.15, -0.1) is 0 Å². The summed E-state index contributed by atoms with van der Waals surface area (Å²) >= 11 is 0. The first-order chi connectivity index (χ1) is 9.01. The maximum atomic E-state index is 13.6. The van der Waals surface area contributed by atoms with Crippen molar-refractivity contribution < 1.29 is 19.1 Å². The van der Waals surface area contributed by atoms with Gasteiger partial charge in [-0.3, -0.25) is 0 Å². The third-order valence-corrected chi connectivity index (χ3v) is 2.98. The van der Waals surface area contributed by atoms with E-state index in [9.17, 15) is 14.4 Å². The molecule has 0 radical (unpaired) electrons. The molecule has 102 valence electrons. The van der Waals surface area contributed by atoms with E-state index in [0.29, 0.717) is 22.2 Å². The summed E-state index contributed by atoms with van der Waals surface area (Å²) in [4.78, 5) is 11.9. The van der Waals surface area contributed by atoms with Crippen molar-refractivity contribution in [2.45, 2.75) is 20.3 Å². The lowest BCUT2D eigenvalue weighted by molar-refractivity contribution is 0.0528. The van der Waals surface area contributed by atoms with Gasteiger partial charge in [0.05, 0.1) is 12.1 Å². The Morgan fingerprint density at radius 1 is 1.47 bits per heavy atom. The largest absolute Gasteiger partial charge is 0.462 e. The van der Waals surface area contributed by atoms with E-state index >= 15 is 0 Å². The Kier molecular flexibility index (Phi) is 3.33. The van der Waals surface area contributed by atoms with Crippen LogP contribution < -0.4 is 5.73 Å². The molecule has 0 atom stereocenters. The van der Waals surface area contributed by atoms with Gasteiger partial charge in [-0.05, 0) is 31.0 Å². The number of nitrogens with zero attached hydrogens (tertiary/aromatic N) is 1. The number of ether oxygens (including phenoxy) is 1. The monoisotopic (exact) mass is 266 g/mol. The Hall–Kier alpha value is -2.24. The second-order valence-electron chi connectivity index (χ2n) is 4.11. The van der Waals surface area contributed by atoms with Gasteiger partial charge in [0.15, 0.2) is 5.82 Å². The smallest absolute Gasteiger partial charge is 0.342 e. The number of nitrogen functional groups attached to an aromatic ring is 1. The van der Waals surface area contributed by atoms with Crippen LogP contribution in [0.15, 0.2) is 12.1 Å². The summed E-state index contributed by atoms with van der Waals surface area (Å²) in [6.45, 7) is 3.65.